The Bertz CT molecular complexity index is 1220. The first-order chi connectivity index (χ1) is 16.7. The molecule has 1 spiro atoms. The smallest absolute Gasteiger partial charge is 0.271 e. The number of aromatic nitrogens is 1. The van der Waals surface area contributed by atoms with Gasteiger partial charge in [0.05, 0.1) is 15.6 Å². The maximum absolute atomic E-state index is 13.6. The number of likely N-dealkylation sites (tertiary alicyclic amines) is 1. The quantitative estimate of drug-likeness (QED) is 0.539. The molecule has 1 aliphatic heterocycles. The van der Waals surface area contributed by atoms with Crippen molar-refractivity contribution in [3.63, 3.8) is 0 Å². The van der Waals surface area contributed by atoms with E-state index in [1.807, 2.05) is 0 Å². The number of aromatic amines is 1. The SMILES string of the molecule is NC(=O)[C@H](C[C@@H]1CCCC1=O)NC(=O)C1CC2(CCC2)CN1C(=O)c1cc2ccc(Cl)c(Cl)c2[nH]1. The van der Waals surface area contributed by atoms with Gasteiger partial charge in [-0.15, -0.1) is 0 Å². The van der Waals surface area contributed by atoms with E-state index in [0.29, 0.717) is 47.1 Å². The molecule has 4 N–H and O–H groups in total. The molecule has 8 nitrogen and oxygen atoms in total. The van der Waals surface area contributed by atoms with Crippen LogP contribution < -0.4 is 11.1 Å². The molecule has 5 rings (SSSR count). The Morgan fingerprint density at radius 2 is 2.00 bits per heavy atom. The molecule has 186 valence electrons. The van der Waals surface area contributed by atoms with Gasteiger partial charge in [-0.3, -0.25) is 19.2 Å². The lowest BCUT2D eigenvalue weighted by Crippen LogP contribution is -2.53. The van der Waals surface area contributed by atoms with Gasteiger partial charge >= 0.3 is 0 Å². The number of fused-ring (bicyclic) bond motifs is 1. The monoisotopic (exact) mass is 518 g/mol. The van der Waals surface area contributed by atoms with Gasteiger partial charge in [0.25, 0.3) is 5.91 Å². The Hall–Kier alpha value is -2.58. The summed E-state index contributed by atoms with van der Waals surface area (Å²) in [5.41, 5.74) is 6.38. The van der Waals surface area contributed by atoms with E-state index in [1.54, 1.807) is 23.1 Å². The van der Waals surface area contributed by atoms with Crippen LogP contribution >= 0.6 is 23.2 Å². The van der Waals surface area contributed by atoms with Crippen molar-refractivity contribution in [1.29, 1.82) is 0 Å². The molecule has 2 aliphatic carbocycles. The fraction of sp³-hybridized carbons (Fsp3) is 0.520. The molecule has 3 amide bonds. The highest BCUT2D eigenvalue weighted by Gasteiger charge is 2.52. The maximum Gasteiger partial charge on any atom is 0.271 e. The van der Waals surface area contributed by atoms with E-state index in [0.717, 1.165) is 31.1 Å². The van der Waals surface area contributed by atoms with Gasteiger partial charge in [0.1, 0.15) is 23.6 Å². The first kappa shape index (κ1) is 24.1. The normalized spacial score (nSPS) is 24.1. The summed E-state index contributed by atoms with van der Waals surface area (Å²) < 4.78 is 0. The minimum atomic E-state index is -0.946. The molecule has 1 unspecified atom stereocenters. The summed E-state index contributed by atoms with van der Waals surface area (Å²) >= 11 is 12.4. The zero-order valence-electron chi connectivity index (χ0n) is 19.2. The van der Waals surface area contributed by atoms with Gasteiger partial charge in [-0.2, -0.15) is 0 Å². The number of benzene rings is 1. The lowest BCUT2D eigenvalue weighted by Gasteiger charge is -2.37. The van der Waals surface area contributed by atoms with Crippen molar-refractivity contribution in [2.75, 3.05) is 6.54 Å². The predicted molar refractivity (Wildman–Crippen MR) is 132 cm³/mol. The second kappa shape index (κ2) is 9.13. The fourth-order valence-electron chi connectivity index (χ4n) is 5.89. The number of carbonyl (C=O) groups is 4. The molecule has 1 aromatic carbocycles. The zero-order chi connectivity index (χ0) is 24.9. The first-order valence-electron chi connectivity index (χ1n) is 12.1. The number of halogens is 2. The van der Waals surface area contributed by atoms with Crippen molar-refractivity contribution in [1.82, 2.24) is 15.2 Å². The van der Waals surface area contributed by atoms with Crippen LogP contribution in [0.15, 0.2) is 18.2 Å². The molecule has 3 fully saturated rings. The van der Waals surface area contributed by atoms with Crippen LogP contribution in [0.4, 0.5) is 0 Å². The van der Waals surface area contributed by atoms with Crippen LogP contribution in [0.2, 0.25) is 10.0 Å². The number of rotatable bonds is 6. The van der Waals surface area contributed by atoms with Crippen molar-refractivity contribution in [2.24, 2.45) is 17.1 Å². The van der Waals surface area contributed by atoms with Gasteiger partial charge < -0.3 is 20.9 Å². The van der Waals surface area contributed by atoms with Crippen LogP contribution in [-0.4, -0.2) is 52.0 Å². The molecule has 0 bridgehead atoms. The topological polar surface area (TPSA) is 125 Å². The number of carbonyl (C=O) groups excluding carboxylic acids is 4. The highest BCUT2D eigenvalue weighted by Crippen LogP contribution is 2.50. The second-order valence-corrected chi connectivity index (χ2v) is 11.1. The molecular weight excluding hydrogens is 491 g/mol. The van der Waals surface area contributed by atoms with Crippen LogP contribution in [0.25, 0.3) is 10.9 Å². The number of nitrogens with two attached hydrogens (primary N) is 1. The Morgan fingerprint density at radius 3 is 2.63 bits per heavy atom. The maximum atomic E-state index is 13.6. The number of hydrogen-bond donors (Lipinski definition) is 3. The van der Waals surface area contributed by atoms with Gasteiger partial charge in [-0.05, 0) is 56.1 Å². The van der Waals surface area contributed by atoms with Gasteiger partial charge in [0.2, 0.25) is 11.8 Å². The van der Waals surface area contributed by atoms with Crippen LogP contribution in [0.3, 0.4) is 0 Å². The van der Waals surface area contributed by atoms with Crippen LogP contribution in [0, 0.1) is 11.3 Å². The van der Waals surface area contributed by atoms with Gasteiger partial charge in [0.15, 0.2) is 0 Å². The minimum absolute atomic E-state index is 0.0890. The summed E-state index contributed by atoms with van der Waals surface area (Å²) in [6.45, 7) is 0.468. The van der Waals surface area contributed by atoms with Crippen molar-refractivity contribution < 1.29 is 19.2 Å². The minimum Gasteiger partial charge on any atom is -0.368 e. The van der Waals surface area contributed by atoms with E-state index >= 15 is 0 Å². The Balaban J connectivity index is 1.38. The number of H-pyrrole nitrogens is 1. The molecule has 1 saturated heterocycles. The summed E-state index contributed by atoms with van der Waals surface area (Å²) in [6.07, 6.45) is 5.67. The zero-order valence-corrected chi connectivity index (χ0v) is 20.8. The van der Waals surface area contributed by atoms with Gasteiger partial charge in [-0.25, -0.2) is 0 Å². The number of primary amides is 1. The molecule has 10 heteroatoms. The van der Waals surface area contributed by atoms with Gasteiger partial charge in [0, 0.05) is 24.3 Å². The van der Waals surface area contributed by atoms with Crippen LogP contribution in [0.5, 0.6) is 0 Å². The predicted octanol–water partition coefficient (Wildman–Crippen LogP) is 3.59. The van der Waals surface area contributed by atoms with E-state index in [-0.39, 0.29) is 29.4 Å². The molecule has 1 aromatic heterocycles. The molecular formula is C25H28Cl2N4O4. The number of hydrogen-bond acceptors (Lipinski definition) is 4. The molecule has 2 saturated carbocycles. The third kappa shape index (κ3) is 4.42. The number of ketones is 1. The molecule has 3 atom stereocenters. The molecule has 2 heterocycles. The lowest BCUT2D eigenvalue weighted by atomic mass is 9.67. The Morgan fingerprint density at radius 1 is 1.23 bits per heavy atom. The Labute approximate surface area is 212 Å². The average Bonchev–Trinajstić information content (AvgIpc) is 3.52. The molecule has 35 heavy (non-hydrogen) atoms. The van der Waals surface area contributed by atoms with Crippen molar-refractivity contribution >= 4 is 57.6 Å². The number of Topliss-reactive ketones (excluding diaryl/α,β-unsaturated/α-hetero) is 1. The van der Waals surface area contributed by atoms with Gasteiger partial charge in [-0.1, -0.05) is 35.7 Å². The third-order valence-electron chi connectivity index (χ3n) is 8.01. The third-order valence-corrected chi connectivity index (χ3v) is 8.82. The number of amides is 3. The summed E-state index contributed by atoms with van der Waals surface area (Å²) in [5, 5.41) is 4.22. The number of nitrogens with one attached hydrogen (secondary N) is 2. The molecule has 2 aromatic rings. The summed E-state index contributed by atoms with van der Waals surface area (Å²) in [7, 11) is 0. The lowest BCUT2D eigenvalue weighted by molar-refractivity contribution is -0.131. The van der Waals surface area contributed by atoms with Crippen molar-refractivity contribution in [3.8, 4) is 0 Å². The first-order valence-corrected chi connectivity index (χ1v) is 12.8. The number of nitrogens with zero attached hydrogens (tertiary/aromatic N) is 1. The van der Waals surface area contributed by atoms with Crippen LogP contribution in [-0.2, 0) is 14.4 Å². The van der Waals surface area contributed by atoms with E-state index in [4.69, 9.17) is 28.9 Å². The van der Waals surface area contributed by atoms with Crippen molar-refractivity contribution in [2.45, 2.75) is 63.5 Å². The largest absolute Gasteiger partial charge is 0.368 e. The standard InChI is InChI=1S/C25H28Cl2N4O4/c26-15-6-5-14-10-17(29-21(14)20(15)27)24(35)31-12-25(7-2-8-25)11-18(31)23(34)30-16(22(28)33)9-13-3-1-4-19(13)32/h5-6,10,13,16,18,29H,1-4,7-9,11-12H2,(H2,28,33)(H,30,34)/t13-,16-,18?/m0/s1. The summed E-state index contributed by atoms with van der Waals surface area (Å²) in [5.74, 6) is -1.55. The molecule has 0 radical (unpaired) electrons. The fourth-order valence-corrected chi connectivity index (χ4v) is 6.26. The second-order valence-electron chi connectivity index (χ2n) is 10.3. The highest BCUT2D eigenvalue weighted by atomic mass is 35.5. The molecule has 3 aliphatic rings. The summed E-state index contributed by atoms with van der Waals surface area (Å²) in [6, 6.07) is 3.48. The van der Waals surface area contributed by atoms with Crippen molar-refractivity contribution in [3.05, 3.63) is 33.9 Å². The Kier molecular flexibility index (Phi) is 6.30. The highest BCUT2D eigenvalue weighted by molar-refractivity contribution is 6.45. The average molecular weight is 519 g/mol. The van der Waals surface area contributed by atoms with E-state index in [1.165, 1.54) is 0 Å². The van der Waals surface area contributed by atoms with Crippen LogP contribution in [0.1, 0.15) is 61.9 Å². The van der Waals surface area contributed by atoms with E-state index in [2.05, 4.69) is 10.3 Å². The summed E-state index contributed by atoms with van der Waals surface area (Å²) in [4.78, 5) is 55.9. The van der Waals surface area contributed by atoms with E-state index in [9.17, 15) is 19.2 Å². The van der Waals surface area contributed by atoms with E-state index < -0.39 is 23.9 Å².